The first kappa shape index (κ1) is 17.1. The highest BCUT2D eigenvalue weighted by Gasteiger charge is 2.20. The van der Waals surface area contributed by atoms with E-state index in [1.54, 1.807) is 19.1 Å². The standard InChI is InChI=1S/C13H17ClN2O5/c1-7-5-10(11(21-2)6-8(7)14)16-13(20)15-9(3-4-17)12(18)19/h5-6,9,17H,3-4H2,1-2H3,(H,18,19)(H2,15,16,20)/t9-/m1/s1. The Morgan fingerprint density at radius 3 is 2.62 bits per heavy atom. The molecule has 0 heterocycles. The molecule has 0 radical (unpaired) electrons. The lowest BCUT2D eigenvalue weighted by molar-refractivity contribution is -0.139. The van der Waals surface area contributed by atoms with E-state index < -0.39 is 18.0 Å². The summed E-state index contributed by atoms with van der Waals surface area (Å²) in [5, 5.41) is 22.9. The molecule has 0 saturated carbocycles. The van der Waals surface area contributed by atoms with Crippen molar-refractivity contribution in [2.45, 2.75) is 19.4 Å². The molecule has 0 spiro atoms. The van der Waals surface area contributed by atoms with Gasteiger partial charge in [0.1, 0.15) is 11.8 Å². The number of urea groups is 1. The smallest absolute Gasteiger partial charge is 0.326 e. The first-order chi connectivity index (χ1) is 9.88. The van der Waals surface area contributed by atoms with E-state index in [0.29, 0.717) is 16.5 Å². The van der Waals surface area contributed by atoms with Gasteiger partial charge in [-0.05, 0) is 18.6 Å². The molecule has 8 heteroatoms. The second kappa shape index (κ2) is 7.70. The lowest BCUT2D eigenvalue weighted by atomic mass is 10.2. The molecular formula is C13H17ClN2O5. The molecule has 0 aliphatic carbocycles. The molecule has 0 fully saturated rings. The number of amides is 2. The van der Waals surface area contributed by atoms with Crippen molar-refractivity contribution >= 4 is 29.3 Å². The minimum Gasteiger partial charge on any atom is -0.495 e. The van der Waals surface area contributed by atoms with Gasteiger partial charge in [0.2, 0.25) is 0 Å². The molecule has 0 aromatic heterocycles. The molecule has 1 aromatic rings. The Kier molecular flexibility index (Phi) is 6.26. The maximum Gasteiger partial charge on any atom is 0.326 e. The third-order valence-corrected chi connectivity index (χ3v) is 3.16. The van der Waals surface area contributed by atoms with Crippen molar-refractivity contribution in [3.05, 3.63) is 22.7 Å². The van der Waals surface area contributed by atoms with Crippen molar-refractivity contribution in [3.63, 3.8) is 0 Å². The first-order valence-corrected chi connectivity index (χ1v) is 6.52. The number of aryl methyl sites for hydroxylation is 1. The number of hydrogen-bond acceptors (Lipinski definition) is 4. The van der Waals surface area contributed by atoms with Crippen LogP contribution in [0.25, 0.3) is 0 Å². The van der Waals surface area contributed by atoms with Gasteiger partial charge >= 0.3 is 12.0 Å². The summed E-state index contributed by atoms with van der Waals surface area (Å²) in [7, 11) is 1.43. The van der Waals surface area contributed by atoms with Crippen LogP contribution in [0.3, 0.4) is 0 Å². The number of methoxy groups -OCH3 is 1. The average Bonchev–Trinajstić information content (AvgIpc) is 2.42. The molecule has 116 valence electrons. The van der Waals surface area contributed by atoms with Crippen LogP contribution in [0.2, 0.25) is 5.02 Å². The monoisotopic (exact) mass is 316 g/mol. The van der Waals surface area contributed by atoms with Gasteiger partial charge in [-0.25, -0.2) is 9.59 Å². The summed E-state index contributed by atoms with van der Waals surface area (Å²) in [6, 6.07) is 1.28. The lowest BCUT2D eigenvalue weighted by Crippen LogP contribution is -2.43. The van der Waals surface area contributed by atoms with E-state index in [2.05, 4.69) is 10.6 Å². The maximum absolute atomic E-state index is 11.8. The molecule has 2 amide bonds. The highest BCUT2D eigenvalue weighted by Crippen LogP contribution is 2.30. The predicted molar refractivity (Wildman–Crippen MR) is 78.0 cm³/mol. The fourth-order valence-corrected chi connectivity index (χ4v) is 1.79. The number of hydrogen-bond donors (Lipinski definition) is 4. The van der Waals surface area contributed by atoms with Gasteiger partial charge < -0.3 is 25.6 Å². The SMILES string of the molecule is COc1cc(Cl)c(C)cc1NC(=O)N[C@H](CCO)C(=O)O. The summed E-state index contributed by atoms with van der Waals surface area (Å²) >= 11 is 5.95. The molecule has 1 aromatic carbocycles. The van der Waals surface area contributed by atoms with Crippen LogP contribution in [0.5, 0.6) is 5.75 Å². The van der Waals surface area contributed by atoms with Crippen LogP contribution in [0.1, 0.15) is 12.0 Å². The summed E-state index contributed by atoms with van der Waals surface area (Å²) in [5.41, 5.74) is 1.10. The number of carboxylic acids is 1. The Labute approximate surface area is 126 Å². The molecule has 1 rings (SSSR count). The lowest BCUT2D eigenvalue weighted by Gasteiger charge is -2.16. The van der Waals surface area contributed by atoms with Crippen LogP contribution < -0.4 is 15.4 Å². The van der Waals surface area contributed by atoms with Crippen molar-refractivity contribution in [2.24, 2.45) is 0 Å². The van der Waals surface area contributed by atoms with Crippen LogP contribution in [0.4, 0.5) is 10.5 Å². The molecule has 1 atom stereocenters. The Bertz CT molecular complexity index is 536. The molecule has 0 saturated heterocycles. The number of aliphatic carboxylic acids is 1. The van der Waals surface area contributed by atoms with Crippen LogP contribution >= 0.6 is 11.6 Å². The molecule has 21 heavy (non-hydrogen) atoms. The highest BCUT2D eigenvalue weighted by atomic mass is 35.5. The minimum atomic E-state index is -1.22. The van der Waals surface area contributed by atoms with Gasteiger partial charge in [-0.1, -0.05) is 11.6 Å². The summed E-state index contributed by atoms with van der Waals surface area (Å²) in [5.74, 6) is -0.867. The second-order valence-corrected chi connectivity index (χ2v) is 4.71. The molecule has 0 aliphatic heterocycles. The number of aliphatic hydroxyl groups excluding tert-OH is 1. The van der Waals surface area contributed by atoms with E-state index in [1.165, 1.54) is 7.11 Å². The normalized spacial score (nSPS) is 11.6. The van der Waals surface area contributed by atoms with E-state index in [4.69, 9.17) is 26.6 Å². The van der Waals surface area contributed by atoms with E-state index in [0.717, 1.165) is 5.56 Å². The van der Waals surface area contributed by atoms with Gasteiger partial charge in [0.25, 0.3) is 0 Å². The zero-order valence-electron chi connectivity index (χ0n) is 11.6. The maximum atomic E-state index is 11.8. The minimum absolute atomic E-state index is 0.0838. The number of aliphatic hydroxyl groups is 1. The van der Waals surface area contributed by atoms with Gasteiger partial charge in [-0.15, -0.1) is 0 Å². The number of benzene rings is 1. The van der Waals surface area contributed by atoms with Crippen LogP contribution in [0, 0.1) is 6.92 Å². The van der Waals surface area contributed by atoms with Gasteiger partial charge in [0.05, 0.1) is 12.8 Å². The molecule has 4 N–H and O–H groups in total. The number of carbonyl (C=O) groups is 2. The second-order valence-electron chi connectivity index (χ2n) is 4.30. The van der Waals surface area contributed by atoms with Crippen LogP contribution in [-0.2, 0) is 4.79 Å². The molecular weight excluding hydrogens is 300 g/mol. The predicted octanol–water partition coefficient (Wildman–Crippen LogP) is 1.61. The number of carbonyl (C=O) groups excluding carboxylic acids is 1. The Balaban J connectivity index is 2.83. The zero-order chi connectivity index (χ0) is 16.0. The van der Waals surface area contributed by atoms with E-state index in [1.807, 2.05) is 0 Å². The molecule has 7 nitrogen and oxygen atoms in total. The quantitative estimate of drug-likeness (QED) is 0.638. The summed E-state index contributed by atoms with van der Waals surface area (Å²) < 4.78 is 5.10. The third-order valence-electron chi connectivity index (χ3n) is 2.75. The van der Waals surface area contributed by atoms with Crippen molar-refractivity contribution in [3.8, 4) is 5.75 Å². The van der Waals surface area contributed by atoms with Crippen LogP contribution in [0.15, 0.2) is 12.1 Å². The number of rotatable bonds is 6. The van der Waals surface area contributed by atoms with Gasteiger partial charge in [-0.3, -0.25) is 0 Å². The number of carboxylic acid groups (broad SMARTS) is 1. The first-order valence-electron chi connectivity index (χ1n) is 6.14. The highest BCUT2D eigenvalue weighted by molar-refractivity contribution is 6.31. The zero-order valence-corrected chi connectivity index (χ0v) is 12.4. The number of ether oxygens (including phenoxy) is 1. The largest absolute Gasteiger partial charge is 0.495 e. The number of nitrogens with one attached hydrogen (secondary N) is 2. The van der Waals surface area contributed by atoms with E-state index in [-0.39, 0.29) is 13.0 Å². The van der Waals surface area contributed by atoms with E-state index in [9.17, 15) is 9.59 Å². The van der Waals surface area contributed by atoms with Crippen molar-refractivity contribution in [1.82, 2.24) is 5.32 Å². The fourth-order valence-electron chi connectivity index (χ4n) is 1.63. The van der Waals surface area contributed by atoms with Crippen molar-refractivity contribution in [1.29, 1.82) is 0 Å². The van der Waals surface area contributed by atoms with Gasteiger partial charge in [0.15, 0.2) is 0 Å². The van der Waals surface area contributed by atoms with Gasteiger partial charge in [-0.2, -0.15) is 0 Å². The van der Waals surface area contributed by atoms with Crippen molar-refractivity contribution < 1.29 is 24.5 Å². The molecule has 0 aliphatic rings. The van der Waals surface area contributed by atoms with E-state index >= 15 is 0 Å². The van der Waals surface area contributed by atoms with Crippen LogP contribution in [-0.4, -0.2) is 42.0 Å². The van der Waals surface area contributed by atoms with Crippen molar-refractivity contribution in [2.75, 3.05) is 19.0 Å². The number of halogens is 1. The molecule has 0 unspecified atom stereocenters. The fraction of sp³-hybridized carbons (Fsp3) is 0.385. The topological polar surface area (TPSA) is 108 Å². The number of anilines is 1. The average molecular weight is 317 g/mol. The summed E-state index contributed by atoms with van der Waals surface area (Å²) in [4.78, 5) is 22.7. The van der Waals surface area contributed by atoms with Gasteiger partial charge in [0, 0.05) is 24.1 Å². The molecule has 0 bridgehead atoms. The summed E-state index contributed by atoms with van der Waals surface area (Å²) in [6.07, 6.45) is -0.0838. The summed E-state index contributed by atoms with van der Waals surface area (Å²) in [6.45, 7) is 1.41. The Morgan fingerprint density at radius 2 is 2.10 bits per heavy atom. The Hall–Kier alpha value is -1.99. The Morgan fingerprint density at radius 1 is 1.43 bits per heavy atom. The third kappa shape index (κ3) is 4.80.